The number of nitrogens with zero attached hydrogens (tertiary/aromatic N) is 2. The van der Waals surface area contributed by atoms with Crippen LogP contribution in [0.2, 0.25) is 0 Å². The van der Waals surface area contributed by atoms with E-state index in [1.165, 1.54) is 4.90 Å². The number of likely N-dealkylation sites (N-methyl/N-ethyl adjacent to an activating group) is 1. The van der Waals surface area contributed by atoms with Gasteiger partial charge in [0.1, 0.15) is 6.61 Å². The lowest BCUT2D eigenvalue weighted by Crippen LogP contribution is -2.40. The third kappa shape index (κ3) is 5.38. The van der Waals surface area contributed by atoms with Crippen molar-refractivity contribution >= 4 is 12.0 Å². The van der Waals surface area contributed by atoms with Gasteiger partial charge in [-0.15, -0.1) is 0 Å². The minimum absolute atomic E-state index is 0.0727. The van der Waals surface area contributed by atoms with Gasteiger partial charge in [-0.05, 0) is 6.42 Å². The van der Waals surface area contributed by atoms with Crippen LogP contribution in [0.5, 0.6) is 0 Å². The molecule has 0 aromatic heterocycles. The number of ether oxygens (including phenoxy) is 1. The van der Waals surface area contributed by atoms with Gasteiger partial charge in [0.15, 0.2) is 0 Å². The van der Waals surface area contributed by atoms with Crippen LogP contribution in [0.4, 0.5) is 4.79 Å². The Kier molecular flexibility index (Phi) is 7.00. The van der Waals surface area contributed by atoms with Crippen molar-refractivity contribution in [2.45, 2.75) is 13.3 Å². The lowest BCUT2D eigenvalue weighted by Gasteiger charge is -2.24. The summed E-state index contributed by atoms with van der Waals surface area (Å²) in [6.07, 6.45) is 2.02. The highest BCUT2D eigenvalue weighted by molar-refractivity contribution is 5.81. The molecule has 0 fully saturated rings. The van der Waals surface area contributed by atoms with Crippen molar-refractivity contribution < 1.29 is 14.3 Å². The van der Waals surface area contributed by atoms with E-state index in [0.29, 0.717) is 6.54 Å². The maximum atomic E-state index is 11.7. The van der Waals surface area contributed by atoms with Crippen LogP contribution in [0, 0.1) is 0 Å². The summed E-state index contributed by atoms with van der Waals surface area (Å²) in [5.74, 6) is -0.470. The Morgan fingerprint density at radius 1 is 1.25 bits per heavy atom. The molecule has 0 heterocycles. The monoisotopic (exact) mass is 228 g/mol. The lowest BCUT2D eigenvalue weighted by molar-refractivity contribution is -0.137. The zero-order chi connectivity index (χ0) is 12.6. The van der Waals surface area contributed by atoms with Crippen molar-refractivity contribution in [1.29, 1.82) is 0 Å². The maximum absolute atomic E-state index is 11.7. The molecule has 0 aromatic carbocycles. The Balaban J connectivity index is 3.87. The van der Waals surface area contributed by atoms with Gasteiger partial charge in [0, 0.05) is 26.7 Å². The molecule has 0 atom stereocenters. The highest BCUT2D eigenvalue weighted by atomic mass is 16.5. The fourth-order valence-electron chi connectivity index (χ4n) is 1.16. The predicted molar refractivity (Wildman–Crippen MR) is 62.1 cm³/mol. The summed E-state index contributed by atoms with van der Waals surface area (Å²) in [4.78, 5) is 25.6. The van der Waals surface area contributed by atoms with E-state index in [2.05, 4.69) is 6.58 Å². The van der Waals surface area contributed by atoms with E-state index in [9.17, 15) is 9.59 Å². The third-order valence-electron chi connectivity index (χ3n) is 2.05. The molecule has 0 aliphatic heterocycles. The van der Waals surface area contributed by atoms with Gasteiger partial charge in [-0.25, -0.2) is 9.59 Å². The van der Waals surface area contributed by atoms with Crippen LogP contribution in [-0.2, 0) is 9.53 Å². The summed E-state index contributed by atoms with van der Waals surface area (Å²) in [5, 5.41) is 0. The molecule has 16 heavy (non-hydrogen) atoms. The third-order valence-corrected chi connectivity index (χ3v) is 2.05. The summed E-state index contributed by atoms with van der Waals surface area (Å²) in [7, 11) is 3.42. The van der Waals surface area contributed by atoms with Gasteiger partial charge in [-0.3, -0.25) is 0 Å². The van der Waals surface area contributed by atoms with Crippen LogP contribution in [0.1, 0.15) is 13.3 Å². The first-order chi connectivity index (χ1) is 7.52. The van der Waals surface area contributed by atoms with Gasteiger partial charge in [0.25, 0.3) is 0 Å². The van der Waals surface area contributed by atoms with Crippen molar-refractivity contribution in [1.82, 2.24) is 9.80 Å². The number of urea groups is 1. The fourth-order valence-corrected chi connectivity index (χ4v) is 1.16. The maximum Gasteiger partial charge on any atom is 0.330 e. The summed E-state index contributed by atoms with van der Waals surface area (Å²) in [6.45, 7) is 6.58. The van der Waals surface area contributed by atoms with E-state index in [-0.39, 0.29) is 12.6 Å². The quantitative estimate of drug-likeness (QED) is 0.505. The molecule has 0 saturated heterocycles. The van der Waals surface area contributed by atoms with Crippen LogP contribution in [0.25, 0.3) is 0 Å². The van der Waals surface area contributed by atoms with Gasteiger partial charge in [-0.2, -0.15) is 0 Å². The Morgan fingerprint density at radius 3 is 2.31 bits per heavy atom. The minimum Gasteiger partial charge on any atom is -0.461 e. The normalized spacial score (nSPS) is 9.44. The molecular formula is C11H20N2O3. The average molecular weight is 228 g/mol. The summed E-state index contributed by atoms with van der Waals surface area (Å²) < 4.78 is 4.78. The van der Waals surface area contributed by atoms with E-state index in [0.717, 1.165) is 19.0 Å². The number of hydrogen-bond acceptors (Lipinski definition) is 3. The number of amides is 2. The molecule has 0 spiro atoms. The van der Waals surface area contributed by atoms with Gasteiger partial charge < -0.3 is 14.5 Å². The molecule has 5 nitrogen and oxygen atoms in total. The molecule has 5 heteroatoms. The predicted octanol–water partition coefficient (Wildman–Crippen LogP) is 1.11. The molecule has 0 aliphatic rings. The number of carbonyl (C=O) groups is 2. The van der Waals surface area contributed by atoms with Gasteiger partial charge in [-0.1, -0.05) is 13.5 Å². The Morgan fingerprint density at radius 2 is 1.81 bits per heavy atom. The van der Waals surface area contributed by atoms with E-state index in [1.54, 1.807) is 19.0 Å². The minimum atomic E-state index is -0.470. The van der Waals surface area contributed by atoms with Gasteiger partial charge in [0.05, 0.1) is 6.54 Å². The molecule has 92 valence electrons. The summed E-state index contributed by atoms with van der Waals surface area (Å²) in [6, 6.07) is -0.0727. The van der Waals surface area contributed by atoms with E-state index in [1.807, 2.05) is 6.92 Å². The Labute approximate surface area is 96.7 Å². The lowest BCUT2D eigenvalue weighted by atomic mass is 10.4. The number of carbonyl (C=O) groups excluding carboxylic acids is 2. The highest BCUT2D eigenvalue weighted by Gasteiger charge is 2.12. The SMILES string of the molecule is C=CC(=O)OCCN(C)C(=O)N(C)CCC. The van der Waals surface area contributed by atoms with Crippen LogP contribution in [0.15, 0.2) is 12.7 Å². The standard InChI is InChI=1S/C11H20N2O3/c1-5-7-12(3)11(15)13(4)8-9-16-10(14)6-2/h6H,2,5,7-9H2,1,3-4H3. The second kappa shape index (κ2) is 7.73. The van der Waals surface area contributed by atoms with Crippen LogP contribution < -0.4 is 0 Å². The van der Waals surface area contributed by atoms with E-state index >= 15 is 0 Å². The summed E-state index contributed by atoms with van der Waals surface area (Å²) in [5.41, 5.74) is 0. The Hall–Kier alpha value is -1.52. The molecular weight excluding hydrogens is 208 g/mol. The molecule has 0 aromatic rings. The zero-order valence-electron chi connectivity index (χ0n) is 10.2. The average Bonchev–Trinajstić information content (AvgIpc) is 2.27. The number of esters is 1. The van der Waals surface area contributed by atoms with Gasteiger partial charge >= 0.3 is 12.0 Å². The Bertz CT molecular complexity index is 254. The second-order valence-corrected chi connectivity index (χ2v) is 3.50. The van der Waals surface area contributed by atoms with Crippen LogP contribution in [-0.4, -0.2) is 55.6 Å². The molecule has 0 radical (unpaired) electrons. The fraction of sp³-hybridized carbons (Fsp3) is 0.636. The number of hydrogen-bond donors (Lipinski definition) is 0. The highest BCUT2D eigenvalue weighted by Crippen LogP contribution is 1.95. The first-order valence-corrected chi connectivity index (χ1v) is 5.28. The topological polar surface area (TPSA) is 49.9 Å². The van der Waals surface area contributed by atoms with Gasteiger partial charge in [0.2, 0.25) is 0 Å². The van der Waals surface area contributed by atoms with E-state index in [4.69, 9.17) is 4.74 Å². The molecule has 0 rings (SSSR count). The first-order valence-electron chi connectivity index (χ1n) is 5.28. The molecule has 0 aliphatic carbocycles. The van der Waals surface area contributed by atoms with Crippen molar-refractivity contribution in [3.8, 4) is 0 Å². The van der Waals surface area contributed by atoms with Crippen molar-refractivity contribution in [3.63, 3.8) is 0 Å². The van der Waals surface area contributed by atoms with Crippen LogP contribution >= 0.6 is 0 Å². The second-order valence-electron chi connectivity index (χ2n) is 3.50. The van der Waals surface area contributed by atoms with Crippen molar-refractivity contribution in [3.05, 3.63) is 12.7 Å². The largest absolute Gasteiger partial charge is 0.461 e. The van der Waals surface area contributed by atoms with Crippen molar-refractivity contribution in [2.24, 2.45) is 0 Å². The summed E-state index contributed by atoms with van der Waals surface area (Å²) >= 11 is 0. The molecule has 0 N–H and O–H groups in total. The molecule has 0 saturated carbocycles. The van der Waals surface area contributed by atoms with E-state index < -0.39 is 5.97 Å². The van der Waals surface area contributed by atoms with Crippen molar-refractivity contribution in [2.75, 3.05) is 33.8 Å². The number of rotatable bonds is 6. The first kappa shape index (κ1) is 14.5. The molecule has 2 amide bonds. The molecule has 0 unspecified atom stereocenters. The smallest absolute Gasteiger partial charge is 0.330 e. The zero-order valence-corrected chi connectivity index (χ0v) is 10.2. The van der Waals surface area contributed by atoms with Crippen LogP contribution in [0.3, 0.4) is 0 Å². The molecule has 0 bridgehead atoms.